The van der Waals surface area contributed by atoms with E-state index in [0.717, 1.165) is 0 Å². The summed E-state index contributed by atoms with van der Waals surface area (Å²) in [7, 11) is 0. The molecule has 2 aromatic heterocycles. The molecule has 0 spiro atoms. The predicted molar refractivity (Wildman–Crippen MR) is 51.2 cm³/mol. The molecule has 0 atom stereocenters. The van der Waals surface area contributed by atoms with Crippen molar-refractivity contribution in [2.45, 2.75) is 0 Å². The van der Waals surface area contributed by atoms with E-state index in [9.17, 15) is 19.8 Å². The minimum atomic E-state index is -1.37. The smallest absolute Gasteiger partial charge is 0.541 e. The molecule has 19 heavy (non-hydrogen) atoms. The van der Waals surface area contributed by atoms with Crippen molar-refractivity contribution in [3.05, 3.63) is 24.3 Å². The Morgan fingerprint density at radius 2 is 1.21 bits per heavy atom. The number of hydrogen-bond acceptors (Lipinski definition) is 8. The molecule has 0 fully saturated rings. The summed E-state index contributed by atoms with van der Waals surface area (Å²) in [6, 6.07) is 0. The molecule has 0 aliphatic carbocycles. The number of aromatic amines is 2. The Balaban J connectivity index is -0.000000233. The Morgan fingerprint density at radius 1 is 0.895 bits per heavy atom. The van der Waals surface area contributed by atoms with Crippen molar-refractivity contribution in [3.8, 4) is 0 Å². The van der Waals surface area contributed by atoms with Crippen molar-refractivity contribution in [2.24, 2.45) is 0 Å². The summed E-state index contributed by atoms with van der Waals surface area (Å²) in [6.45, 7) is 0. The Morgan fingerprint density at radius 3 is 1.32 bits per heavy atom. The second-order valence-corrected chi connectivity index (χ2v) is 2.22. The number of carboxylic acid groups (broad SMARTS) is 2. The maximum atomic E-state index is 9.81. The summed E-state index contributed by atoms with van der Waals surface area (Å²) >= 11 is 0. The van der Waals surface area contributed by atoms with Gasteiger partial charge in [0, 0.05) is 0 Å². The molecule has 0 aliphatic heterocycles. The van der Waals surface area contributed by atoms with Crippen LogP contribution in [0.5, 0.6) is 0 Å². The summed E-state index contributed by atoms with van der Waals surface area (Å²) < 4.78 is 0. The molecular weight excluding hydrogens is 307 g/mol. The fraction of sp³-hybridized carbons (Fsp3) is 0. The van der Waals surface area contributed by atoms with E-state index in [1.165, 1.54) is 12.7 Å². The molecule has 0 aliphatic rings. The van der Waals surface area contributed by atoms with Gasteiger partial charge in [-0.25, -0.2) is 9.97 Å². The Labute approximate surface area is 115 Å². The molecule has 13 heteroatoms. The van der Waals surface area contributed by atoms with Crippen LogP contribution in [0.1, 0.15) is 21.2 Å². The number of carbonyl (C=O) groups is 2. The first kappa shape index (κ1) is 21.9. The molecule has 2 heterocycles. The number of nitrogens with one attached hydrogen (secondary N) is 2. The van der Waals surface area contributed by atoms with E-state index in [0.29, 0.717) is 0 Å². The van der Waals surface area contributed by atoms with Crippen LogP contribution >= 0.6 is 0 Å². The molecule has 2 rings (SSSR count). The Kier molecular flexibility index (Phi) is 12.4. The van der Waals surface area contributed by atoms with Crippen LogP contribution in [-0.2, 0) is 28.0 Å². The van der Waals surface area contributed by atoms with Gasteiger partial charge in [-0.1, -0.05) is 0 Å². The zero-order valence-electron chi connectivity index (χ0n) is 9.11. The van der Waals surface area contributed by atoms with Crippen molar-refractivity contribution in [1.82, 2.24) is 30.4 Å². The Hall–Kier alpha value is -2.34. The van der Waals surface area contributed by atoms with Crippen LogP contribution in [0.3, 0.4) is 0 Å². The predicted octanol–water partition coefficient (Wildman–Crippen LogP) is -5.51. The van der Waals surface area contributed by atoms with Crippen LogP contribution in [0.15, 0.2) is 12.7 Å². The van der Waals surface area contributed by atoms with Gasteiger partial charge in [0.2, 0.25) is 0 Å². The molecule has 0 aromatic carbocycles. The molecule has 0 unspecified atom stereocenters. The fourth-order valence-electron chi connectivity index (χ4n) is 0.614. The van der Waals surface area contributed by atoms with Crippen LogP contribution in [0.2, 0.25) is 0 Å². The summed E-state index contributed by atoms with van der Waals surface area (Å²) in [6.07, 6.45) is 2.34. The van der Waals surface area contributed by atoms with E-state index >= 15 is 0 Å². The first-order valence-electron chi connectivity index (χ1n) is 3.75. The third-order valence-electron chi connectivity index (χ3n) is 1.20. The van der Waals surface area contributed by atoms with Crippen molar-refractivity contribution < 1.29 is 47.8 Å². The second-order valence-electron chi connectivity index (χ2n) is 2.22. The largest absolute Gasteiger partial charge is 2.00 e. The van der Waals surface area contributed by atoms with Crippen LogP contribution in [0, 0.1) is 0 Å². The van der Waals surface area contributed by atoms with Gasteiger partial charge >= 0.3 is 17.1 Å². The van der Waals surface area contributed by atoms with Crippen molar-refractivity contribution in [1.29, 1.82) is 0 Å². The van der Waals surface area contributed by atoms with Gasteiger partial charge in [0.05, 0.1) is 0 Å². The average Bonchev–Trinajstić information content (AvgIpc) is 2.93. The number of nitrogens with zero attached hydrogens (tertiary/aromatic N) is 4. The number of aromatic carboxylic acids is 2. The third-order valence-corrected chi connectivity index (χ3v) is 1.20. The van der Waals surface area contributed by atoms with E-state index in [-0.39, 0.29) is 39.7 Å². The maximum absolute atomic E-state index is 9.81. The number of carbonyl (C=O) groups excluding carboxylic acids is 2. The quantitative estimate of drug-likeness (QED) is 0.399. The third kappa shape index (κ3) is 7.56. The van der Waals surface area contributed by atoms with Gasteiger partial charge in [0.25, 0.3) is 0 Å². The van der Waals surface area contributed by atoms with Gasteiger partial charge in [0.1, 0.15) is 24.6 Å². The number of H-pyrrole nitrogens is 2. The van der Waals surface area contributed by atoms with Gasteiger partial charge in [-0.3, -0.25) is 10.2 Å². The SMILES string of the molecule is O=C([O-])c1nc[nH]n1.O=C([O-])c1nc[nH]n1.[Mn+2].[OH3+].[OH3+]. The zero-order chi connectivity index (χ0) is 12.0. The van der Waals surface area contributed by atoms with Gasteiger partial charge in [0.15, 0.2) is 11.6 Å². The molecular formula is C6H10MnN6O6+2. The topological polar surface area (TPSA) is 229 Å². The molecule has 0 saturated carbocycles. The molecule has 0 saturated heterocycles. The maximum Gasteiger partial charge on any atom is 2.00 e. The number of carboxylic acids is 2. The number of aromatic nitrogens is 6. The van der Waals surface area contributed by atoms with Gasteiger partial charge < -0.3 is 30.8 Å². The second kappa shape index (κ2) is 10.8. The molecule has 8 N–H and O–H groups in total. The fourth-order valence-corrected chi connectivity index (χ4v) is 0.614. The normalized spacial score (nSPS) is 7.58. The molecule has 2 aromatic rings. The zero-order valence-corrected chi connectivity index (χ0v) is 10.3. The molecule has 12 nitrogen and oxygen atoms in total. The summed E-state index contributed by atoms with van der Waals surface area (Å²) in [5, 5.41) is 30.5. The number of hydrogen-bond donors (Lipinski definition) is 2. The van der Waals surface area contributed by atoms with E-state index in [1.807, 2.05) is 0 Å². The standard InChI is InChI=1S/2C3H3N3O2.Mn.2H2O/c2*7-3(8)2-4-1-5-6-2;;;/h2*1H,(H,7,8)(H,4,5,6);;2*1H2/q;;+2;;. The molecule has 1 radical (unpaired) electrons. The van der Waals surface area contributed by atoms with Gasteiger partial charge in [-0.15, -0.1) is 0 Å². The van der Waals surface area contributed by atoms with E-state index in [1.54, 1.807) is 0 Å². The van der Waals surface area contributed by atoms with Crippen molar-refractivity contribution in [2.75, 3.05) is 0 Å². The van der Waals surface area contributed by atoms with Crippen LogP contribution in [0.25, 0.3) is 0 Å². The summed E-state index contributed by atoms with van der Waals surface area (Å²) in [5.74, 6) is -3.37. The minimum absolute atomic E-state index is 0. The number of rotatable bonds is 2. The monoisotopic (exact) mass is 317 g/mol. The van der Waals surface area contributed by atoms with Crippen molar-refractivity contribution in [3.63, 3.8) is 0 Å². The van der Waals surface area contributed by atoms with E-state index < -0.39 is 11.9 Å². The van der Waals surface area contributed by atoms with Crippen LogP contribution in [-0.4, -0.2) is 42.3 Å². The van der Waals surface area contributed by atoms with Crippen LogP contribution < -0.4 is 10.2 Å². The first-order chi connectivity index (χ1) is 7.61. The van der Waals surface area contributed by atoms with Gasteiger partial charge in [-0.05, 0) is 0 Å². The van der Waals surface area contributed by atoms with Crippen LogP contribution in [0.4, 0.5) is 0 Å². The molecule has 105 valence electrons. The summed E-state index contributed by atoms with van der Waals surface area (Å²) in [4.78, 5) is 26.2. The van der Waals surface area contributed by atoms with E-state index in [4.69, 9.17) is 0 Å². The van der Waals surface area contributed by atoms with Gasteiger partial charge in [-0.2, -0.15) is 10.2 Å². The molecule has 0 bridgehead atoms. The van der Waals surface area contributed by atoms with E-state index in [2.05, 4.69) is 30.4 Å². The minimum Gasteiger partial charge on any atom is -0.541 e. The Bertz CT molecular complexity index is 414. The molecule has 0 amide bonds. The average molecular weight is 317 g/mol. The van der Waals surface area contributed by atoms with Crippen molar-refractivity contribution >= 4 is 11.9 Å². The first-order valence-corrected chi connectivity index (χ1v) is 3.75. The summed E-state index contributed by atoms with van der Waals surface area (Å²) in [5.41, 5.74) is 0.